The molecular weight excluding hydrogens is 334 g/mol. The molecule has 1 aromatic heterocycles. The lowest BCUT2D eigenvalue weighted by atomic mass is 9.85. The molecule has 1 aliphatic carbocycles. The van der Waals surface area contributed by atoms with Gasteiger partial charge in [0.1, 0.15) is 5.69 Å². The summed E-state index contributed by atoms with van der Waals surface area (Å²) in [6, 6.07) is 0. The Morgan fingerprint density at radius 2 is 2.19 bits per heavy atom. The quantitative estimate of drug-likeness (QED) is 0.882. The van der Waals surface area contributed by atoms with Crippen LogP contribution in [0, 0.1) is 5.92 Å². The van der Waals surface area contributed by atoms with Gasteiger partial charge < -0.3 is 10.1 Å². The van der Waals surface area contributed by atoms with E-state index in [1.807, 2.05) is 0 Å². The lowest BCUT2D eigenvalue weighted by molar-refractivity contribution is 0.0247. The normalized spacial score (nSPS) is 22.8. The number of hydrogen-bond donors (Lipinski definition) is 1. The fraction of sp³-hybridized carbons (Fsp3) is 0.733. The molecule has 2 fully saturated rings. The summed E-state index contributed by atoms with van der Waals surface area (Å²) < 4.78 is 8.02. The lowest BCUT2D eigenvalue weighted by Crippen LogP contribution is -2.33. The predicted molar refractivity (Wildman–Crippen MR) is 85.6 cm³/mol. The first-order chi connectivity index (χ1) is 10.2. The third-order valence-corrected chi connectivity index (χ3v) is 5.04. The van der Waals surface area contributed by atoms with Crippen molar-refractivity contribution in [3.05, 3.63) is 21.0 Å². The largest absolute Gasteiger partial charge is 0.377 e. The van der Waals surface area contributed by atoms with Gasteiger partial charge in [0.25, 0.3) is 5.56 Å². The maximum atomic E-state index is 12.5. The molecule has 1 saturated heterocycles. The van der Waals surface area contributed by atoms with Gasteiger partial charge in [-0.05, 0) is 54.0 Å². The van der Waals surface area contributed by atoms with E-state index < -0.39 is 0 Å². The zero-order valence-electron chi connectivity index (χ0n) is 12.2. The molecule has 2 heterocycles. The highest BCUT2D eigenvalue weighted by atomic mass is 79.9. The first-order valence-corrected chi connectivity index (χ1v) is 8.64. The van der Waals surface area contributed by atoms with Gasteiger partial charge in [0.15, 0.2) is 0 Å². The van der Waals surface area contributed by atoms with Gasteiger partial charge in [0, 0.05) is 19.7 Å². The standard InChI is InChI=1S/C15H22BrN3O2/c16-13-9-18-19(10-11-4-3-5-11)15(20)14(13)17-8-12-6-1-2-7-21-12/h9,11-12,17H,1-8,10H2. The molecule has 2 aliphatic rings. The number of halogens is 1. The molecule has 1 atom stereocenters. The van der Waals surface area contributed by atoms with Crippen LogP contribution in [0.1, 0.15) is 38.5 Å². The van der Waals surface area contributed by atoms with Crippen LogP contribution in [0.3, 0.4) is 0 Å². The third-order valence-electron chi connectivity index (χ3n) is 4.43. The zero-order valence-corrected chi connectivity index (χ0v) is 13.8. The summed E-state index contributed by atoms with van der Waals surface area (Å²) in [6.07, 6.45) is 9.03. The van der Waals surface area contributed by atoms with Crippen LogP contribution < -0.4 is 10.9 Å². The molecule has 1 saturated carbocycles. The van der Waals surface area contributed by atoms with Crippen LogP contribution >= 0.6 is 15.9 Å². The van der Waals surface area contributed by atoms with Crippen molar-refractivity contribution in [1.29, 1.82) is 0 Å². The molecule has 0 aromatic carbocycles. The number of aromatic nitrogens is 2. The highest BCUT2D eigenvalue weighted by Crippen LogP contribution is 2.27. The molecule has 0 radical (unpaired) electrons. The van der Waals surface area contributed by atoms with Gasteiger partial charge in [-0.1, -0.05) is 6.42 Å². The van der Waals surface area contributed by atoms with Crippen molar-refractivity contribution in [3.63, 3.8) is 0 Å². The Hall–Kier alpha value is -0.880. The van der Waals surface area contributed by atoms with E-state index in [2.05, 4.69) is 26.3 Å². The molecule has 1 aromatic rings. The summed E-state index contributed by atoms with van der Waals surface area (Å²) in [7, 11) is 0. The highest BCUT2D eigenvalue weighted by Gasteiger charge is 2.21. The van der Waals surface area contributed by atoms with E-state index >= 15 is 0 Å². The second-order valence-corrected chi connectivity index (χ2v) is 6.88. The molecular formula is C15H22BrN3O2. The first kappa shape index (κ1) is 15.0. The minimum Gasteiger partial charge on any atom is -0.377 e. The second-order valence-electron chi connectivity index (χ2n) is 6.02. The smallest absolute Gasteiger partial charge is 0.291 e. The van der Waals surface area contributed by atoms with Crippen LogP contribution in [0.25, 0.3) is 0 Å². The molecule has 0 bridgehead atoms. The summed E-state index contributed by atoms with van der Waals surface area (Å²) in [4.78, 5) is 12.5. The van der Waals surface area contributed by atoms with Crippen molar-refractivity contribution >= 4 is 21.6 Å². The summed E-state index contributed by atoms with van der Waals surface area (Å²) in [5, 5.41) is 7.50. The van der Waals surface area contributed by atoms with Crippen LogP contribution in [0.2, 0.25) is 0 Å². The van der Waals surface area contributed by atoms with Gasteiger partial charge in [0.05, 0.1) is 16.8 Å². The van der Waals surface area contributed by atoms with E-state index in [0.717, 1.165) is 30.5 Å². The monoisotopic (exact) mass is 355 g/mol. The molecule has 6 heteroatoms. The van der Waals surface area contributed by atoms with Gasteiger partial charge in [0.2, 0.25) is 0 Å². The summed E-state index contributed by atoms with van der Waals surface area (Å²) in [5.74, 6) is 0.617. The van der Waals surface area contributed by atoms with Crippen molar-refractivity contribution in [2.24, 2.45) is 5.92 Å². The average Bonchev–Trinajstić information content (AvgIpc) is 2.45. The van der Waals surface area contributed by atoms with E-state index in [1.165, 1.54) is 25.7 Å². The van der Waals surface area contributed by atoms with E-state index in [9.17, 15) is 4.79 Å². The average molecular weight is 356 g/mol. The van der Waals surface area contributed by atoms with Crippen molar-refractivity contribution in [3.8, 4) is 0 Å². The second kappa shape index (κ2) is 6.92. The number of nitrogens with zero attached hydrogens (tertiary/aromatic N) is 2. The van der Waals surface area contributed by atoms with Gasteiger partial charge in [-0.2, -0.15) is 5.10 Å². The van der Waals surface area contributed by atoms with Crippen LogP contribution in [-0.4, -0.2) is 29.0 Å². The van der Waals surface area contributed by atoms with Gasteiger partial charge in [-0.25, -0.2) is 4.68 Å². The van der Waals surface area contributed by atoms with Gasteiger partial charge >= 0.3 is 0 Å². The van der Waals surface area contributed by atoms with E-state index in [4.69, 9.17) is 4.74 Å². The molecule has 21 heavy (non-hydrogen) atoms. The Morgan fingerprint density at radius 3 is 2.86 bits per heavy atom. The number of rotatable bonds is 5. The Kier molecular flexibility index (Phi) is 4.95. The van der Waals surface area contributed by atoms with Gasteiger partial charge in [-0.3, -0.25) is 4.79 Å². The predicted octanol–water partition coefficient (Wildman–Crippen LogP) is 2.79. The molecule has 1 unspecified atom stereocenters. The molecule has 116 valence electrons. The zero-order chi connectivity index (χ0) is 14.7. The molecule has 1 N–H and O–H groups in total. The maximum absolute atomic E-state index is 12.5. The van der Waals surface area contributed by atoms with Crippen LogP contribution in [0.5, 0.6) is 0 Å². The Bertz CT molecular complexity index is 536. The summed E-state index contributed by atoms with van der Waals surface area (Å²) in [5.41, 5.74) is 0.575. The molecule has 5 nitrogen and oxygen atoms in total. The summed E-state index contributed by atoms with van der Waals surface area (Å²) >= 11 is 3.42. The minimum atomic E-state index is -0.0351. The third kappa shape index (κ3) is 3.66. The topological polar surface area (TPSA) is 56.1 Å². The number of nitrogens with one attached hydrogen (secondary N) is 1. The van der Waals surface area contributed by atoms with Crippen LogP contribution in [0.4, 0.5) is 5.69 Å². The Labute approximate surface area is 133 Å². The maximum Gasteiger partial charge on any atom is 0.291 e. The minimum absolute atomic E-state index is 0.0351. The van der Waals surface area contributed by atoms with Crippen molar-refractivity contribution in [1.82, 2.24) is 9.78 Å². The van der Waals surface area contributed by atoms with E-state index in [1.54, 1.807) is 10.9 Å². The lowest BCUT2D eigenvalue weighted by Gasteiger charge is -2.26. The van der Waals surface area contributed by atoms with E-state index in [0.29, 0.717) is 18.2 Å². The van der Waals surface area contributed by atoms with Crippen LogP contribution in [0.15, 0.2) is 15.5 Å². The van der Waals surface area contributed by atoms with Gasteiger partial charge in [-0.15, -0.1) is 0 Å². The van der Waals surface area contributed by atoms with Crippen molar-refractivity contribution in [2.45, 2.75) is 51.2 Å². The molecule has 1 aliphatic heterocycles. The summed E-state index contributed by atoms with van der Waals surface area (Å²) in [6.45, 7) is 2.25. The number of hydrogen-bond acceptors (Lipinski definition) is 4. The molecule has 0 amide bonds. The SMILES string of the molecule is O=c1c(NCC2CCCCO2)c(Br)cnn1CC1CCC1. The molecule has 0 spiro atoms. The van der Waals surface area contributed by atoms with Crippen LogP contribution in [-0.2, 0) is 11.3 Å². The Morgan fingerprint density at radius 1 is 1.33 bits per heavy atom. The number of anilines is 1. The highest BCUT2D eigenvalue weighted by molar-refractivity contribution is 9.10. The van der Waals surface area contributed by atoms with Crippen molar-refractivity contribution in [2.75, 3.05) is 18.5 Å². The first-order valence-electron chi connectivity index (χ1n) is 7.85. The van der Waals surface area contributed by atoms with E-state index in [-0.39, 0.29) is 11.7 Å². The van der Waals surface area contributed by atoms with Crippen molar-refractivity contribution < 1.29 is 4.74 Å². The fourth-order valence-electron chi connectivity index (χ4n) is 2.86. The fourth-order valence-corrected chi connectivity index (χ4v) is 3.26. The Balaban J connectivity index is 1.67. The number of ether oxygens (including phenoxy) is 1. The molecule has 3 rings (SSSR count).